The maximum atomic E-state index is 10.1. The fraction of sp³-hybridized carbons (Fsp3) is 0.500. The molecule has 0 aliphatic carbocycles. The molecule has 43 heavy (non-hydrogen) atoms. The van der Waals surface area contributed by atoms with Crippen molar-refractivity contribution >= 4 is 37.2 Å². The number of rotatable bonds is 8. The molecule has 1 saturated heterocycles. The van der Waals surface area contributed by atoms with Crippen LogP contribution < -0.4 is 15.4 Å². The van der Waals surface area contributed by atoms with Gasteiger partial charge in [0, 0.05) is 49.6 Å². The van der Waals surface area contributed by atoms with Crippen LogP contribution in [-0.4, -0.2) is 67.6 Å². The van der Waals surface area contributed by atoms with E-state index in [1.165, 1.54) is 0 Å². The Morgan fingerprint density at radius 1 is 1.21 bits per heavy atom. The third kappa shape index (κ3) is 6.80. The molecule has 2 aromatic heterocycles. The molecule has 0 spiro atoms. The van der Waals surface area contributed by atoms with E-state index in [-0.39, 0.29) is 16.6 Å². The summed E-state index contributed by atoms with van der Waals surface area (Å²) >= 11 is 6.32. The highest BCUT2D eigenvalue weighted by molar-refractivity contribution is 6.74. The van der Waals surface area contributed by atoms with E-state index in [0.717, 1.165) is 42.7 Å². The Balaban J connectivity index is 1.42. The van der Waals surface area contributed by atoms with Gasteiger partial charge in [-0.2, -0.15) is 5.26 Å². The van der Waals surface area contributed by atoms with Crippen LogP contribution in [0.1, 0.15) is 51.7 Å². The van der Waals surface area contributed by atoms with Gasteiger partial charge in [-0.05, 0) is 67.9 Å². The standard InChI is InChI=1S/C32H42ClN7O2Si/c1-31(2,3)43(6,7)41-20-32(4)19-37-28-22(17-34)14-21(15-25(28)32)26-8-11-35-30(38-26)39-27-16-23(33)18-36-29(27)42-24-9-12-40(5)13-10-24/h8,11,14-16,18,24,37H,9-10,12-13,19-20H2,1-7H3,(H,35,38,39). The van der Waals surface area contributed by atoms with Gasteiger partial charge < -0.3 is 24.7 Å². The van der Waals surface area contributed by atoms with Crippen LogP contribution in [0.25, 0.3) is 11.3 Å². The van der Waals surface area contributed by atoms with Crippen molar-refractivity contribution in [2.75, 3.05) is 43.9 Å². The predicted molar refractivity (Wildman–Crippen MR) is 175 cm³/mol. The molecule has 0 radical (unpaired) electrons. The molecule has 0 amide bonds. The van der Waals surface area contributed by atoms with Gasteiger partial charge in [-0.1, -0.05) is 39.3 Å². The molecule has 228 valence electrons. The van der Waals surface area contributed by atoms with Crippen LogP contribution in [0.2, 0.25) is 23.2 Å². The van der Waals surface area contributed by atoms with Gasteiger partial charge in [-0.25, -0.2) is 15.0 Å². The highest BCUT2D eigenvalue weighted by Crippen LogP contribution is 2.44. The summed E-state index contributed by atoms with van der Waals surface area (Å²) in [7, 11) is 0.160. The minimum absolute atomic E-state index is 0.0806. The number of benzene rings is 1. The predicted octanol–water partition coefficient (Wildman–Crippen LogP) is 6.99. The maximum Gasteiger partial charge on any atom is 0.238 e. The van der Waals surface area contributed by atoms with Gasteiger partial charge in [0.2, 0.25) is 11.8 Å². The monoisotopic (exact) mass is 619 g/mol. The number of hydrogen-bond acceptors (Lipinski definition) is 9. The summed E-state index contributed by atoms with van der Waals surface area (Å²) in [6.45, 7) is 16.7. The Morgan fingerprint density at radius 2 is 1.95 bits per heavy atom. The first-order chi connectivity index (χ1) is 20.3. The Morgan fingerprint density at radius 3 is 2.65 bits per heavy atom. The van der Waals surface area contributed by atoms with E-state index in [4.69, 9.17) is 25.7 Å². The van der Waals surface area contributed by atoms with Crippen molar-refractivity contribution in [3.8, 4) is 23.2 Å². The number of fused-ring (bicyclic) bond motifs is 1. The largest absolute Gasteiger partial charge is 0.473 e. The molecular weight excluding hydrogens is 578 g/mol. The molecule has 1 aromatic carbocycles. The van der Waals surface area contributed by atoms with E-state index in [1.807, 2.05) is 12.1 Å². The van der Waals surface area contributed by atoms with Crippen LogP contribution in [-0.2, 0) is 9.84 Å². The number of halogens is 1. The van der Waals surface area contributed by atoms with E-state index in [2.05, 4.69) is 85.5 Å². The summed E-state index contributed by atoms with van der Waals surface area (Å²) in [6.07, 6.45) is 5.23. The van der Waals surface area contributed by atoms with E-state index < -0.39 is 8.32 Å². The van der Waals surface area contributed by atoms with Crippen LogP contribution >= 0.6 is 11.6 Å². The van der Waals surface area contributed by atoms with Gasteiger partial charge in [0.15, 0.2) is 8.32 Å². The van der Waals surface area contributed by atoms with Crippen molar-refractivity contribution in [1.82, 2.24) is 19.9 Å². The van der Waals surface area contributed by atoms with Gasteiger partial charge >= 0.3 is 0 Å². The zero-order chi connectivity index (χ0) is 31.0. The Hall–Kier alpha value is -3.23. The normalized spacial score (nSPS) is 19.4. The van der Waals surface area contributed by atoms with Crippen molar-refractivity contribution in [3.05, 3.63) is 52.8 Å². The second-order valence-electron chi connectivity index (χ2n) is 13.5. The number of ether oxygens (including phenoxy) is 1. The summed E-state index contributed by atoms with van der Waals surface area (Å²) in [5.41, 5.74) is 4.40. The number of likely N-dealkylation sites (tertiary alicyclic amines) is 1. The lowest BCUT2D eigenvalue weighted by Crippen LogP contribution is -2.45. The highest BCUT2D eigenvalue weighted by Gasteiger charge is 2.42. The van der Waals surface area contributed by atoms with Gasteiger partial charge in [0.1, 0.15) is 17.9 Å². The Kier molecular flexibility index (Phi) is 8.74. The fourth-order valence-electron chi connectivity index (χ4n) is 5.18. The first kappa shape index (κ1) is 31.2. The van der Waals surface area contributed by atoms with Crippen LogP contribution in [0.5, 0.6) is 5.88 Å². The number of hydrogen-bond donors (Lipinski definition) is 2. The highest BCUT2D eigenvalue weighted by atomic mass is 35.5. The van der Waals surface area contributed by atoms with Crippen LogP contribution in [0.3, 0.4) is 0 Å². The first-order valence-electron chi connectivity index (χ1n) is 14.9. The van der Waals surface area contributed by atoms with Gasteiger partial charge in [0.05, 0.1) is 22.0 Å². The number of pyridine rings is 1. The van der Waals surface area contributed by atoms with Crippen molar-refractivity contribution in [2.24, 2.45) is 0 Å². The van der Waals surface area contributed by atoms with Gasteiger partial charge in [0.25, 0.3) is 0 Å². The first-order valence-corrected chi connectivity index (χ1v) is 18.1. The lowest BCUT2D eigenvalue weighted by molar-refractivity contribution is 0.110. The molecule has 2 N–H and O–H groups in total. The summed E-state index contributed by atoms with van der Waals surface area (Å²) in [5.74, 6) is 0.858. The van der Waals surface area contributed by atoms with Crippen LogP contribution in [0, 0.1) is 11.3 Å². The van der Waals surface area contributed by atoms with Crippen molar-refractivity contribution in [1.29, 1.82) is 5.26 Å². The zero-order valence-corrected chi connectivity index (χ0v) is 28.0. The number of nitrogens with one attached hydrogen (secondary N) is 2. The molecule has 1 unspecified atom stereocenters. The van der Waals surface area contributed by atoms with Crippen LogP contribution in [0.15, 0.2) is 36.7 Å². The molecule has 0 bridgehead atoms. The molecule has 3 aromatic rings. The molecular formula is C32H42ClN7O2Si. The molecule has 2 aliphatic heterocycles. The molecule has 2 aliphatic rings. The molecule has 0 saturated carbocycles. The van der Waals surface area contributed by atoms with Crippen molar-refractivity contribution in [3.63, 3.8) is 0 Å². The average Bonchev–Trinajstić information content (AvgIpc) is 3.30. The van der Waals surface area contributed by atoms with Crippen molar-refractivity contribution < 1.29 is 9.16 Å². The van der Waals surface area contributed by atoms with E-state index in [1.54, 1.807) is 18.5 Å². The smallest absolute Gasteiger partial charge is 0.238 e. The Labute approximate surface area is 261 Å². The maximum absolute atomic E-state index is 10.1. The van der Waals surface area contributed by atoms with E-state index >= 15 is 0 Å². The molecule has 4 heterocycles. The average molecular weight is 620 g/mol. The lowest BCUT2D eigenvalue weighted by atomic mass is 9.83. The number of anilines is 3. The number of nitrogens with zero attached hydrogens (tertiary/aromatic N) is 5. The quantitative estimate of drug-likeness (QED) is 0.258. The molecule has 9 nitrogen and oxygen atoms in total. The molecule has 5 rings (SSSR count). The molecule has 1 atom stereocenters. The van der Waals surface area contributed by atoms with Gasteiger partial charge in [-0.3, -0.25) is 0 Å². The summed E-state index contributed by atoms with van der Waals surface area (Å²) < 4.78 is 13.0. The number of piperidine rings is 1. The Bertz CT molecular complexity index is 1530. The third-order valence-corrected chi connectivity index (χ3v) is 13.8. The molecule has 1 fully saturated rings. The zero-order valence-electron chi connectivity index (χ0n) is 26.2. The van der Waals surface area contributed by atoms with E-state index in [0.29, 0.717) is 46.9 Å². The topological polar surface area (TPSA) is 108 Å². The molecule has 11 heteroatoms. The fourth-order valence-corrected chi connectivity index (χ4v) is 6.45. The summed E-state index contributed by atoms with van der Waals surface area (Å²) in [5, 5.41) is 17.4. The van der Waals surface area contributed by atoms with E-state index in [9.17, 15) is 5.26 Å². The number of nitriles is 1. The second kappa shape index (κ2) is 12.0. The number of aromatic nitrogens is 3. The third-order valence-electron chi connectivity index (χ3n) is 9.08. The lowest BCUT2D eigenvalue weighted by Gasteiger charge is -2.39. The SMILES string of the molecule is CN1CCC(Oc2ncc(Cl)cc2Nc2nccc(-c3cc(C#N)c4c(c3)C(C)(CO[Si](C)(C)C(C)(C)C)CN4)n2)CC1. The second-order valence-corrected chi connectivity index (χ2v) is 18.8. The minimum atomic E-state index is -1.96. The summed E-state index contributed by atoms with van der Waals surface area (Å²) in [6, 6.07) is 10.0. The minimum Gasteiger partial charge on any atom is -0.473 e. The van der Waals surface area contributed by atoms with Crippen molar-refractivity contribution in [2.45, 2.75) is 70.2 Å². The summed E-state index contributed by atoms with van der Waals surface area (Å²) in [4.78, 5) is 16.0. The van der Waals surface area contributed by atoms with Gasteiger partial charge in [-0.15, -0.1) is 0 Å². The van der Waals surface area contributed by atoms with Crippen LogP contribution in [0.4, 0.5) is 17.3 Å².